The molecule has 2 heterocycles. The minimum Gasteiger partial charge on any atom is -0.309 e. The molecule has 0 radical (unpaired) electrons. The number of aromatic nitrogens is 2. The van der Waals surface area contributed by atoms with Crippen molar-refractivity contribution in [3.8, 4) is 0 Å². The number of nitrogens with zero attached hydrogens (tertiary/aromatic N) is 2. The summed E-state index contributed by atoms with van der Waals surface area (Å²) in [5.41, 5.74) is 5.57. The highest BCUT2D eigenvalue weighted by molar-refractivity contribution is 5.79. The Morgan fingerprint density at radius 3 is 2.43 bits per heavy atom. The van der Waals surface area contributed by atoms with Gasteiger partial charge in [-0.25, -0.2) is 0 Å². The second kappa shape index (κ2) is 5.62. The van der Waals surface area contributed by atoms with Gasteiger partial charge in [0.2, 0.25) is 0 Å². The lowest BCUT2D eigenvalue weighted by Gasteiger charge is -2.18. The van der Waals surface area contributed by atoms with Gasteiger partial charge in [0.05, 0.1) is 11.6 Å². The minimum atomic E-state index is 0.150. The van der Waals surface area contributed by atoms with Crippen molar-refractivity contribution in [1.82, 2.24) is 15.3 Å². The molecular weight excluding hydrogens is 258 g/mol. The Labute approximate surface area is 125 Å². The normalized spacial score (nSPS) is 12.5. The minimum absolute atomic E-state index is 0.150. The van der Waals surface area contributed by atoms with Crippen LogP contribution in [0.1, 0.15) is 28.6 Å². The molecule has 3 nitrogen and oxygen atoms in total. The van der Waals surface area contributed by atoms with Gasteiger partial charge in [-0.1, -0.05) is 18.2 Å². The number of fused-ring (bicyclic) bond motifs is 1. The highest BCUT2D eigenvalue weighted by atomic mass is 14.9. The van der Waals surface area contributed by atoms with E-state index in [2.05, 4.69) is 51.7 Å². The maximum absolute atomic E-state index is 4.45. The van der Waals surface area contributed by atoms with E-state index in [0.717, 1.165) is 22.3 Å². The lowest BCUT2D eigenvalue weighted by molar-refractivity contribution is 0.689. The lowest BCUT2D eigenvalue weighted by atomic mass is 9.97. The molecule has 0 amide bonds. The van der Waals surface area contributed by atoms with Gasteiger partial charge in [-0.2, -0.15) is 0 Å². The quantitative estimate of drug-likeness (QED) is 0.795. The maximum Gasteiger partial charge on any atom is 0.0705 e. The number of hydrogen-bond donors (Lipinski definition) is 1. The average Bonchev–Trinajstić information content (AvgIpc) is 2.47. The standard InChI is InChI=1S/C18H19N3/c1-12-9-16(10-13(2)21-12)18(19-3)15-7-6-14-5-4-8-20-17(14)11-15/h4-11,18-19H,1-3H3. The number of nitrogens with one attached hydrogen (secondary N) is 1. The molecule has 0 fully saturated rings. The van der Waals surface area contributed by atoms with Crippen LogP contribution in [0.25, 0.3) is 10.9 Å². The molecule has 3 aromatic rings. The Morgan fingerprint density at radius 2 is 1.71 bits per heavy atom. The Hall–Kier alpha value is -2.26. The van der Waals surface area contributed by atoms with Gasteiger partial charge in [0.15, 0.2) is 0 Å². The predicted molar refractivity (Wildman–Crippen MR) is 86.4 cm³/mol. The third-order valence-corrected chi connectivity index (χ3v) is 3.69. The summed E-state index contributed by atoms with van der Waals surface area (Å²) in [6.07, 6.45) is 1.83. The molecule has 1 N–H and O–H groups in total. The fraction of sp³-hybridized carbons (Fsp3) is 0.222. The third kappa shape index (κ3) is 2.78. The van der Waals surface area contributed by atoms with E-state index < -0.39 is 0 Å². The summed E-state index contributed by atoms with van der Waals surface area (Å²) in [7, 11) is 1.98. The molecule has 0 saturated heterocycles. The number of pyridine rings is 2. The molecule has 1 unspecified atom stereocenters. The van der Waals surface area contributed by atoms with E-state index in [-0.39, 0.29) is 6.04 Å². The van der Waals surface area contributed by atoms with Crippen molar-refractivity contribution < 1.29 is 0 Å². The first-order valence-corrected chi connectivity index (χ1v) is 7.14. The van der Waals surface area contributed by atoms with Gasteiger partial charge >= 0.3 is 0 Å². The molecule has 1 aromatic carbocycles. The van der Waals surface area contributed by atoms with Crippen LogP contribution in [-0.4, -0.2) is 17.0 Å². The molecule has 3 heteroatoms. The molecule has 0 aliphatic carbocycles. The van der Waals surface area contributed by atoms with Gasteiger partial charge in [-0.3, -0.25) is 9.97 Å². The first kappa shape index (κ1) is 13.7. The molecule has 0 aliphatic rings. The largest absolute Gasteiger partial charge is 0.309 e. The molecule has 0 aliphatic heterocycles. The van der Waals surface area contributed by atoms with Crippen molar-refractivity contribution in [2.45, 2.75) is 19.9 Å². The van der Waals surface area contributed by atoms with Gasteiger partial charge in [0.1, 0.15) is 0 Å². The summed E-state index contributed by atoms with van der Waals surface area (Å²) in [5, 5.41) is 4.56. The highest BCUT2D eigenvalue weighted by Crippen LogP contribution is 2.25. The van der Waals surface area contributed by atoms with E-state index >= 15 is 0 Å². The van der Waals surface area contributed by atoms with Crippen LogP contribution >= 0.6 is 0 Å². The van der Waals surface area contributed by atoms with Crippen LogP contribution in [-0.2, 0) is 0 Å². The maximum atomic E-state index is 4.45. The van der Waals surface area contributed by atoms with Crippen molar-refractivity contribution in [1.29, 1.82) is 0 Å². The smallest absolute Gasteiger partial charge is 0.0705 e. The van der Waals surface area contributed by atoms with Gasteiger partial charge in [-0.05, 0) is 56.3 Å². The second-order valence-electron chi connectivity index (χ2n) is 5.36. The van der Waals surface area contributed by atoms with E-state index in [1.165, 1.54) is 11.1 Å². The van der Waals surface area contributed by atoms with E-state index in [1.54, 1.807) is 0 Å². The van der Waals surface area contributed by atoms with Gasteiger partial charge in [0.25, 0.3) is 0 Å². The number of aryl methyl sites for hydroxylation is 2. The summed E-state index contributed by atoms with van der Waals surface area (Å²) in [4.78, 5) is 8.90. The molecule has 0 bridgehead atoms. The van der Waals surface area contributed by atoms with Crippen LogP contribution in [0.5, 0.6) is 0 Å². The fourth-order valence-corrected chi connectivity index (χ4v) is 2.82. The van der Waals surface area contributed by atoms with Gasteiger partial charge in [0, 0.05) is 23.0 Å². The topological polar surface area (TPSA) is 37.8 Å². The Bertz CT molecular complexity index is 760. The molecule has 1 atom stereocenters. The molecule has 106 valence electrons. The summed E-state index contributed by atoms with van der Waals surface area (Å²) in [6, 6.07) is 14.9. The Balaban J connectivity index is 2.08. The van der Waals surface area contributed by atoms with Crippen LogP contribution < -0.4 is 5.32 Å². The fourth-order valence-electron chi connectivity index (χ4n) is 2.82. The van der Waals surface area contributed by atoms with E-state index in [1.807, 2.05) is 33.2 Å². The van der Waals surface area contributed by atoms with Crippen molar-refractivity contribution in [3.63, 3.8) is 0 Å². The van der Waals surface area contributed by atoms with E-state index in [0.29, 0.717) is 0 Å². The molecule has 2 aromatic heterocycles. The zero-order valence-electron chi connectivity index (χ0n) is 12.6. The monoisotopic (exact) mass is 277 g/mol. The average molecular weight is 277 g/mol. The van der Waals surface area contributed by atoms with Crippen LogP contribution in [0.2, 0.25) is 0 Å². The summed E-state index contributed by atoms with van der Waals surface area (Å²) < 4.78 is 0. The van der Waals surface area contributed by atoms with Crippen LogP contribution in [0, 0.1) is 13.8 Å². The Morgan fingerprint density at radius 1 is 0.952 bits per heavy atom. The third-order valence-electron chi connectivity index (χ3n) is 3.69. The van der Waals surface area contributed by atoms with Crippen molar-refractivity contribution in [2.75, 3.05) is 7.05 Å². The number of rotatable bonds is 3. The SMILES string of the molecule is CNC(c1cc(C)nc(C)c1)c1ccc2cccnc2c1. The molecule has 0 spiro atoms. The van der Waals surface area contributed by atoms with Crippen LogP contribution in [0.3, 0.4) is 0 Å². The first-order valence-electron chi connectivity index (χ1n) is 7.14. The van der Waals surface area contributed by atoms with Gasteiger partial charge < -0.3 is 5.32 Å². The molecule has 0 saturated carbocycles. The van der Waals surface area contributed by atoms with Gasteiger partial charge in [-0.15, -0.1) is 0 Å². The highest BCUT2D eigenvalue weighted by Gasteiger charge is 2.13. The molecular formula is C18H19N3. The second-order valence-corrected chi connectivity index (χ2v) is 5.36. The van der Waals surface area contributed by atoms with Crippen molar-refractivity contribution in [3.05, 3.63) is 71.2 Å². The van der Waals surface area contributed by atoms with Crippen molar-refractivity contribution >= 4 is 10.9 Å². The summed E-state index contributed by atoms with van der Waals surface area (Å²) >= 11 is 0. The zero-order chi connectivity index (χ0) is 14.8. The number of benzene rings is 1. The Kier molecular flexibility index (Phi) is 3.67. The van der Waals surface area contributed by atoms with Crippen molar-refractivity contribution in [2.24, 2.45) is 0 Å². The lowest BCUT2D eigenvalue weighted by Crippen LogP contribution is -2.18. The zero-order valence-corrected chi connectivity index (χ0v) is 12.6. The molecule has 3 rings (SSSR count). The predicted octanol–water partition coefficient (Wildman–Crippen LogP) is 3.56. The van der Waals surface area contributed by atoms with E-state index in [4.69, 9.17) is 0 Å². The number of hydrogen-bond acceptors (Lipinski definition) is 3. The van der Waals surface area contributed by atoms with Crippen LogP contribution in [0.4, 0.5) is 0 Å². The van der Waals surface area contributed by atoms with E-state index in [9.17, 15) is 0 Å². The van der Waals surface area contributed by atoms with Crippen LogP contribution in [0.15, 0.2) is 48.7 Å². The summed E-state index contributed by atoms with van der Waals surface area (Å²) in [6.45, 7) is 4.07. The molecule has 21 heavy (non-hydrogen) atoms. The first-order chi connectivity index (χ1) is 10.2. The summed E-state index contributed by atoms with van der Waals surface area (Å²) in [5.74, 6) is 0.